The number of anilines is 1. The Morgan fingerprint density at radius 2 is 2.20 bits per heavy atom. The Balaban J connectivity index is 2.21. The molecule has 104 valence electrons. The molecule has 7 nitrogen and oxygen atoms in total. The third-order valence-electron chi connectivity index (χ3n) is 2.66. The summed E-state index contributed by atoms with van der Waals surface area (Å²) in [6, 6.07) is 6.84. The molecule has 0 spiro atoms. The molecule has 0 aliphatic rings. The summed E-state index contributed by atoms with van der Waals surface area (Å²) in [7, 11) is 1.75. The van der Waals surface area contributed by atoms with Crippen molar-refractivity contribution >= 4 is 11.6 Å². The second-order valence-corrected chi connectivity index (χ2v) is 4.08. The number of nitrogens with zero attached hydrogens (tertiary/aromatic N) is 3. The van der Waals surface area contributed by atoms with E-state index in [1.165, 1.54) is 0 Å². The Bertz CT molecular complexity index is 631. The highest BCUT2D eigenvalue weighted by Crippen LogP contribution is 2.26. The molecule has 0 radical (unpaired) electrons. The summed E-state index contributed by atoms with van der Waals surface area (Å²) in [6.07, 6.45) is 1.66. The van der Waals surface area contributed by atoms with Gasteiger partial charge in [0.1, 0.15) is 18.1 Å². The highest BCUT2D eigenvalue weighted by Gasteiger charge is 2.18. The number of hydrogen-bond acceptors (Lipinski definition) is 6. The van der Waals surface area contributed by atoms with Gasteiger partial charge in [-0.05, 0) is 28.1 Å². The number of aromatic nitrogens is 2. The van der Waals surface area contributed by atoms with Crippen molar-refractivity contribution in [3.8, 4) is 5.75 Å². The van der Waals surface area contributed by atoms with Crippen LogP contribution in [0.15, 0.2) is 30.5 Å². The van der Waals surface area contributed by atoms with Gasteiger partial charge >= 0.3 is 5.82 Å². The molecule has 0 saturated carbocycles. The third kappa shape index (κ3) is 3.00. The number of nitro groups is 1. The zero-order valence-electron chi connectivity index (χ0n) is 11.2. The van der Waals surface area contributed by atoms with E-state index in [0.717, 1.165) is 5.56 Å². The van der Waals surface area contributed by atoms with Gasteiger partial charge in [0.25, 0.3) is 0 Å². The zero-order chi connectivity index (χ0) is 14.5. The summed E-state index contributed by atoms with van der Waals surface area (Å²) >= 11 is 0. The topological polar surface area (TPSA) is 90.2 Å². The molecule has 0 aromatic carbocycles. The van der Waals surface area contributed by atoms with Gasteiger partial charge < -0.3 is 20.2 Å². The maximum absolute atomic E-state index is 10.9. The molecule has 2 aromatic rings. The lowest BCUT2D eigenvalue weighted by Gasteiger charge is -2.09. The summed E-state index contributed by atoms with van der Waals surface area (Å²) in [5.41, 5.74) is 1.38. The van der Waals surface area contributed by atoms with Crippen LogP contribution in [0.1, 0.15) is 11.3 Å². The highest BCUT2D eigenvalue weighted by molar-refractivity contribution is 5.44. The lowest BCUT2D eigenvalue weighted by atomic mass is 10.2. The van der Waals surface area contributed by atoms with Gasteiger partial charge in [-0.2, -0.15) is 0 Å². The largest absolute Gasteiger partial charge is 0.481 e. The fourth-order valence-electron chi connectivity index (χ4n) is 1.71. The van der Waals surface area contributed by atoms with Crippen molar-refractivity contribution < 1.29 is 9.66 Å². The normalized spacial score (nSPS) is 10.1. The predicted octanol–water partition coefficient (Wildman–Crippen LogP) is 2.31. The van der Waals surface area contributed by atoms with E-state index in [4.69, 9.17) is 4.74 Å². The van der Waals surface area contributed by atoms with E-state index in [1.807, 2.05) is 6.07 Å². The molecule has 20 heavy (non-hydrogen) atoms. The fourth-order valence-corrected chi connectivity index (χ4v) is 1.71. The van der Waals surface area contributed by atoms with Gasteiger partial charge in [0, 0.05) is 25.7 Å². The first-order chi connectivity index (χ1) is 9.61. The Morgan fingerprint density at radius 3 is 2.90 bits per heavy atom. The Morgan fingerprint density at radius 1 is 1.40 bits per heavy atom. The van der Waals surface area contributed by atoms with Crippen LogP contribution >= 0.6 is 0 Å². The molecule has 0 saturated heterocycles. The van der Waals surface area contributed by atoms with Crippen molar-refractivity contribution in [1.29, 1.82) is 0 Å². The van der Waals surface area contributed by atoms with Crippen LogP contribution in [-0.4, -0.2) is 21.9 Å². The predicted molar refractivity (Wildman–Crippen MR) is 73.7 cm³/mol. The number of ether oxygens (including phenoxy) is 1. The van der Waals surface area contributed by atoms with Gasteiger partial charge in [-0.3, -0.25) is 0 Å². The smallest absolute Gasteiger partial charge is 0.406 e. The van der Waals surface area contributed by atoms with E-state index >= 15 is 0 Å². The number of hydrogen-bond donors (Lipinski definition) is 1. The molecule has 0 atom stereocenters. The van der Waals surface area contributed by atoms with E-state index in [2.05, 4.69) is 15.3 Å². The quantitative estimate of drug-likeness (QED) is 0.664. The minimum absolute atomic E-state index is 0.145. The molecule has 2 rings (SSSR count). The van der Waals surface area contributed by atoms with Crippen LogP contribution in [0.3, 0.4) is 0 Å². The molecule has 0 amide bonds. The Labute approximate surface area is 115 Å². The molecule has 1 N–H and O–H groups in total. The summed E-state index contributed by atoms with van der Waals surface area (Å²) in [4.78, 5) is 18.4. The Kier molecular flexibility index (Phi) is 4.09. The molecule has 0 unspecified atom stereocenters. The first kappa shape index (κ1) is 13.7. The number of pyridine rings is 2. The van der Waals surface area contributed by atoms with Gasteiger partial charge in [0.15, 0.2) is 0 Å². The minimum atomic E-state index is -0.551. The van der Waals surface area contributed by atoms with Crippen molar-refractivity contribution in [2.45, 2.75) is 13.5 Å². The van der Waals surface area contributed by atoms with E-state index in [9.17, 15) is 10.1 Å². The van der Waals surface area contributed by atoms with Crippen LogP contribution in [0.4, 0.5) is 11.6 Å². The molecular weight excluding hydrogens is 260 g/mol. The van der Waals surface area contributed by atoms with E-state index in [-0.39, 0.29) is 18.2 Å². The summed E-state index contributed by atoms with van der Waals surface area (Å²) in [5, 5.41) is 13.9. The molecule has 0 aliphatic heterocycles. The number of nitrogens with one attached hydrogen (secondary N) is 1. The number of rotatable bonds is 5. The van der Waals surface area contributed by atoms with Crippen LogP contribution < -0.4 is 10.1 Å². The van der Waals surface area contributed by atoms with Crippen LogP contribution in [0.2, 0.25) is 0 Å². The van der Waals surface area contributed by atoms with Gasteiger partial charge in [-0.1, -0.05) is 6.07 Å². The monoisotopic (exact) mass is 274 g/mol. The Hall–Kier alpha value is -2.70. The molecule has 7 heteroatoms. The molecule has 2 heterocycles. The SMILES string of the molecule is CNc1ncccc1COc1ccc(C)nc1[N+](=O)[O-]. The third-order valence-corrected chi connectivity index (χ3v) is 2.66. The van der Waals surface area contributed by atoms with Crippen LogP contribution in [-0.2, 0) is 6.61 Å². The first-order valence-electron chi connectivity index (χ1n) is 5.98. The van der Waals surface area contributed by atoms with E-state index < -0.39 is 4.92 Å². The molecule has 0 bridgehead atoms. The maximum Gasteiger partial charge on any atom is 0.406 e. The standard InChI is InChI=1S/C13H14N4O3/c1-9-5-6-11(13(16-9)17(18)19)20-8-10-4-3-7-15-12(10)14-2/h3-7H,8H2,1-2H3,(H,14,15). The molecule has 0 aliphatic carbocycles. The van der Waals surface area contributed by atoms with Gasteiger partial charge in [0.2, 0.25) is 5.75 Å². The molecule has 2 aromatic heterocycles. The lowest BCUT2D eigenvalue weighted by Crippen LogP contribution is -2.04. The fraction of sp³-hybridized carbons (Fsp3) is 0.231. The van der Waals surface area contributed by atoms with Crippen molar-refractivity contribution in [3.63, 3.8) is 0 Å². The average molecular weight is 274 g/mol. The van der Waals surface area contributed by atoms with Crippen molar-refractivity contribution in [1.82, 2.24) is 9.97 Å². The highest BCUT2D eigenvalue weighted by atomic mass is 16.6. The van der Waals surface area contributed by atoms with Crippen LogP contribution in [0, 0.1) is 17.0 Å². The van der Waals surface area contributed by atoms with Crippen molar-refractivity contribution in [3.05, 3.63) is 51.8 Å². The number of aryl methyl sites for hydroxylation is 1. The van der Waals surface area contributed by atoms with Gasteiger partial charge in [-0.15, -0.1) is 0 Å². The van der Waals surface area contributed by atoms with Gasteiger partial charge in [0.05, 0.1) is 0 Å². The molecular formula is C13H14N4O3. The minimum Gasteiger partial charge on any atom is -0.481 e. The van der Waals surface area contributed by atoms with Gasteiger partial charge in [-0.25, -0.2) is 4.98 Å². The summed E-state index contributed by atoms with van der Waals surface area (Å²) in [6.45, 7) is 1.87. The van der Waals surface area contributed by atoms with Crippen LogP contribution in [0.25, 0.3) is 0 Å². The molecule has 0 fully saturated rings. The van der Waals surface area contributed by atoms with E-state index in [0.29, 0.717) is 11.5 Å². The van der Waals surface area contributed by atoms with Crippen molar-refractivity contribution in [2.75, 3.05) is 12.4 Å². The van der Waals surface area contributed by atoms with E-state index in [1.54, 1.807) is 38.4 Å². The second kappa shape index (κ2) is 5.96. The second-order valence-electron chi connectivity index (χ2n) is 4.08. The van der Waals surface area contributed by atoms with Crippen molar-refractivity contribution in [2.24, 2.45) is 0 Å². The maximum atomic E-state index is 10.9. The average Bonchev–Trinajstić information content (AvgIpc) is 2.46. The lowest BCUT2D eigenvalue weighted by molar-refractivity contribution is -0.390. The zero-order valence-corrected chi connectivity index (χ0v) is 11.2. The first-order valence-corrected chi connectivity index (χ1v) is 5.98. The van der Waals surface area contributed by atoms with Crippen LogP contribution in [0.5, 0.6) is 5.75 Å². The summed E-state index contributed by atoms with van der Waals surface area (Å²) in [5.74, 6) is 0.543. The summed E-state index contributed by atoms with van der Waals surface area (Å²) < 4.78 is 5.50.